The van der Waals surface area contributed by atoms with Crippen molar-refractivity contribution >= 4 is 28.2 Å². The molecule has 0 saturated heterocycles. The molecule has 3 heterocycles. The summed E-state index contributed by atoms with van der Waals surface area (Å²) < 4.78 is 6.32. The summed E-state index contributed by atoms with van der Waals surface area (Å²) in [5.74, 6) is 0.736. The number of benzene rings is 1. The molecular weight excluding hydrogens is 458 g/mol. The molecule has 186 valence electrons. The highest BCUT2D eigenvalue weighted by atomic mass is 32.1. The van der Waals surface area contributed by atoms with Crippen molar-refractivity contribution in [1.82, 2.24) is 10.2 Å². The number of carbonyl (C=O) groups is 2. The smallest absolute Gasteiger partial charge is 0.296 e. The minimum absolute atomic E-state index is 0.00828. The van der Waals surface area contributed by atoms with Crippen LogP contribution in [0.4, 0.5) is 5.13 Å². The minimum Gasteiger partial charge on any atom is -0.483 e. The Kier molecular flexibility index (Phi) is 6.10. The molecule has 4 unspecified atom stereocenters. The third-order valence-electron chi connectivity index (χ3n) is 7.45. The maximum Gasteiger partial charge on any atom is 0.296 e. The fourth-order valence-corrected chi connectivity index (χ4v) is 6.61. The molecule has 0 bridgehead atoms. The van der Waals surface area contributed by atoms with Crippen LogP contribution in [-0.2, 0) is 26.2 Å². The van der Waals surface area contributed by atoms with E-state index in [4.69, 9.17) is 4.74 Å². The Labute approximate surface area is 211 Å². The first-order chi connectivity index (χ1) is 16.5. The highest BCUT2D eigenvalue weighted by molar-refractivity contribution is 7.15. The Morgan fingerprint density at radius 1 is 1.11 bits per heavy atom. The van der Waals surface area contributed by atoms with Gasteiger partial charge in [-0.2, -0.15) is 0 Å². The first kappa shape index (κ1) is 24.2. The van der Waals surface area contributed by atoms with Crippen LogP contribution in [0.5, 0.6) is 0 Å². The second kappa shape index (κ2) is 8.84. The fraction of sp³-hybridized carbons (Fsp3) is 0.571. The monoisotopic (exact) mass is 493 g/mol. The molecule has 0 N–H and O–H groups in total. The molecule has 0 radical (unpaired) electrons. The van der Waals surface area contributed by atoms with Crippen molar-refractivity contribution in [3.05, 3.63) is 51.7 Å². The average molecular weight is 494 g/mol. The van der Waals surface area contributed by atoms with Gasteiger partial charge < -0.3 is 4.74 Å². The van der Waals surface area contributed by atoms with Crippen LogP contribution in [0.2, 0.25) is 0 Å². The first-order valence-corrected chi connectivity index (χ1v) is 13.6. The number of ether oxygens (including phenoxy) is 1. The predicted molar refractivity (Wildman–Crippen MR) is 137 cm³/mol. The molecule has 6 nitrogen and oxygen atoms in total. The zero-order valence-corrected chi connectivity index (χ0v) is 22.3. The van der Waals surface area contributed by atoms with Gasteiger partial charge in [-0.1, -0.05) is 77.1 Å². The fourth-order valence-electron chi connectivity index (χ4n) is 5.53. The average Bonchev–Trinajstić information content (AvgIpc) is 3.35. The van der Waals surface area contributed by atoms with Gasteiger partial charge in [-0.3, -0.25) is 14.5 Å². The van der Waals surface area contributed by atoms with Crippen molar-refractivity contribution in [1.29, 1.82) is 0 Å². The number of rotatable bonds is 4. The Hall–Kier alpha value is -2.54. The Bertz CT molecular complexity index is 1170. The summed E-state index contributed by atoms with van der Waals surface area (Å²) in [6, 6.07) is 7.74. The molecule has 35 heavy (non-hydrogen) atoms. The molecule has 2 aromatic rings. The number of nitrogens with zero attached hydrogens (tertiary/aromatic N) is 3. The minimum atomic E-state index is -0.544. The molecule has 1 saturated carbocycles. The summed E-state index contributed by atoms with van der Waals surface area (Å²) in [4.78, 5) is 29.4. The molecule has 1 aromatic heterocycles. The summed E-state index contributed by atoms with van der Waals surface area (Å²) in [5, 5.41) is 10.2. The van der Waals surface area contributed by atoms with Crippen molar-refractivity contribution in [2.45, 2.75) is 84.8 Å². The van der Waals surface area contributed by atoms with E-state index in [-0.39, 0.29) is 34.9 Å². The van der Waals surface area contributed by atoms with Gasteiger partial charge in [0.15, 0.2) is 11.5 Å². The summed E-state index contributed by atoms with van der Waals surface area (Å²) >= 11 is 1.43. The van der Waals surface area contributed by atoms with E-state index in [1.165, 1.54) is 16.9 Å². The SMILES string of the molecule is CC(C)Cc1nnc(N2C(=O)C3=C(C(=O)C4CC(C)CCC4O3)C2c2ccc(C(C)(C)C)cc2)s1. The van der Waals surface area contributed by atoms with E-state index in [0.29, 0.717) is 22.5 Å². The van der Waals surface area contributed by atoms with Crippen LogP contribution < -0.4 is 4.90 Å². The Morgan fingerprint density at radius 3 is 2.49 bits per heavy atom. The molecule has 1 amide bonds. The molecule has 5 rings (SSSR count). The van der Waals surface area contributed by atoms with Crippen molar-refractivity contribution < 1.29 is 14.3 Å². The Morgan fingerprint density at radius 2 is 1.83 bits per heavy atom. The second-order valence-electron chi connectivity index (χ2n) is 11.8. The molecule has 7 heteroatoms. The zero-order valence-electron chi connectivity index (χ0n) is 21.5. The molecule has 2 aliphatic heterocycles. The highest BCUT2D eigenvalue weighted by Crippen LogP contribution is 2.49. The van der Waals surface area contributed by atoms with Crippen LogP contribution in [-0.4, -0.2) is 28.0 Å². The van der Waals surface area contributed by atoms with Crippen molar-refractivity contribution in [3.8, 4) is 0 Å². The van der Waals surface area contributed by atoms with Crippen LogP contribution in [0, 0.1) is 17.8 Å². The molecule has 1 fully saturated rings. The number of ketones is 1. The topological polar surface area (TPSA) is 72.4 Å². The number of hydrogen-bond acceptors (Lipinski definition) is 6. The molecule has 1 aliphatic carbocycles. The molecule has 3 aliphatic rings. The van der Waals surface area contributed by atoms with Gasteiger partial charge in [0.05, 0.1) is 17.5 Å². The third kappa shape index (κ3) is 4.32. The number of aromatic nitrogens is 2. The van der Waals surface area contributed by atoms with Crippen LogP contribution in [0.1, 0.15) is 83.0 Å². The maximum absolute atomic E-state index is 13.9. The summed E-state index contributed by atoms with van der Waals surface area (Å²) in [5.41, 5.74) is 2.61. The lowest BCUT2D eigenvalue weighted by molar-refractivity contribution is -0.132. The van der Waals surface area contributed by atoms with Gasteiger partial charge in [-0.15, -0.1) is 10.2 Å². The lowest BCUT2D eigenvalue weighted by Crippen LogP contribution is -2.41. The van der Waals surface area contributed by atoms with Gasteiger partial charge in [-0.25, -0.2) is 0 Å². The third-order valence-corrected chi connectivity index (χ3v) is 8.39. The van der Waals surface area contributed by atoms with Gasteiger partial charge >= 0.3 is 0 Å². The zero-order chi connectivity index (χ0) is 25.1. The van der Waals surface area contributed by atoms with Crippen LogP contribution in [0.25, 0.3) is 0 Å². The number of carbonyl (C=O) groups excluding carboxylic acids is 2. The van der Waals surface area contributed by atoms with Crippen molar-refractivity contribution in [2.75, 3.05) is 4.90 Å². The Balaban J connectivity index is 1.59. The molecule has 0 spiro atoms. The van der Waals surface area contributed by atoms with E-state index < -0.39 is 6.04 Å². The normalized spacial score (nSPS) is 26.8. The lowest BCUT2D eigenvalue weighted by Gasteiger charge is -2.37. The maximum atomic E-state index is 13.9. The number of amides is 1. The summed E-state index contributed by atoms with van der Waals surface area (Å²) in [6.45, 7) is 13.0. The molecular formula is C28H35N3O3S. The predicted octanol–water partition coefficient (Wildman–Crippen LogP) is 5.78. The highest BCUT2D eigenvalue weighted by Gasteiger charge is 2.53. The largest absolute Gasteiger partial charge is 0.483 e. The van der Waals surface area contributed by atoms with E-state index in [1.54, 1.807) is 4.90 Å². The van der Waals surface area contributed by atoms with E-state index in [2.05, 4.69) is 63.9 Å². The van der Waals surface area contributed by atoms with Crippen LogP contribution in [0.3, 0.4) is 0 Å². The van der Waals surface area contributed by atoms with E-state index in [9.17, 15) is 9.59 Å². The van der Waals surface area contributed by atoms with Gasteiger partial charge in [0.2, 0.25) is 5.13 Å². The van der Waals surface area contributed by atoms with Gasteiger partial charge in [-0.05, 0) is 47.6 Å². The number of anilines is 1. The summed E-state index contributed by atoms with van der Waals surface area (Å²) in [7, 11) is 0. The van der Waals surface area contributed by atoms with Crippen molar-refractivity contribution in [3.63, 3.8) is 0 Å². The van der Waals surface area contributed by atoms with Gasteiger partial charge in [0, 0.05) is 6.42 Å². The van der Waals surface area contributed by atoms with E-state index >= 15 is 0 Å². The molecule has 1 aromatic carbocycles. The quantitative estimate of drug-likeness (QED) is 0.540. The van der Waals surface area contributed by atoms with Gasteiger partial charge in [0.1, 0.15) is 11.1 Å². The first-order valence-electron chi connectivity index (χ1n) is 12.8. The second-order valence-corrected chi connectivity index (χ2v) is 12.9. The number of hydrogen-bond donors (Lipinski definition) is 0. The molecule has 4 atom stereocenters. The van der Waals surface area contributed by atoms with Gasteiger partial charge in [0.25, 0.3) is 5.91 Å². The standard InChI is InChI=1S/C28H35N3O3S/c1-15(2)13-21-29-30-27(35-21)31-23(17-8-10-18(11-9-17)28(4,5)6)22-24(32)19-14-16(3)7-12-20(19)34-25(22)26(31)33/h8-11,15-16,19-20,23H,7,12-14H2,1-6H3. The lowest BCUT2D eigenvalue weighted by atomic mass is 9.74. The van der Waals surface area contributed by atoms with Crippen LogP contribution in [0.15, 0.2) is 35.6 Å². The summed E-state index contributed by atoms with van der Waals surface area (Å²) in [6.07, 6.45) is 3.22. The van der Waals surface area contributed by atoms with E-state index in [1.807, 2.05) is 12.1 Å². The van der Waals surface area contributed by atoms with Crippen molar-refractivity contribution in [2.24, 2.45) is 17.8 Å². The van der Waals surface area contributed by atoms with Crippen LogP contribution >= 0.6 is 11.3 Å². The number of fused-ring (bicyclic) bond motifs is 1. The van der Waals surface area contributed by atoms with E-state index in [0.717, 1.165) is 36.3 Å². The number of Topliss-reactive ketones (excluding diaryl/α,β-unsaturated/α-hetero) is 1.